The van der Waals surface area contributed by atoms with Gasteiger partial charge in [0.1, 0.15) is 0 Å². The largest absolute Gasteiger partial charge is 0.305 e. The number of hydrogen-bond donors (Lipinski definition) is 0. The fourth-order valence-corrected chi connectivity index (χ4v) is 7.70. The summed E-state index contributed by atoms with van der Waals surface area (Å²) in [6.45, 7) is 9.28. The van der Waals surface area contributed by atoms with E-state index in [9.17, 15) is 0 Å². The summed E-state index contributed by atoms with van der Waals surface area (Å²) in [7, 11) is -1.23. The Hall–Kier alpha value is -3.73. The Bertz CT molecular complexity index is 2170. The summed E-state index contributed by atoms with van der Waals surface area (Å²) in [5.41, 5.74) is 7.77. The van der Waals surface area contributed by atoms with Gasteiger partial charge in [0.25, 0.3) is 0 Å². The molecule has 0 bridgehead atoms. The van der Waals surface area contributed by atoms with Gasteiger partial charge in [0, 0.05) is 41.3 Å². The second-order valence-electron chi connectivity index (χ2n) is 12.5. The van der Waals surface area contributed by atoms with Crippen LogP contribution < -0.4 is 5.19 Å². The van der Waals surface area contributed by atoms with E-state index in [2.05, 4.69) is 104 Å². The van der Waals surface area contributed by atoms with Crippen molar-refractivity contribution in [1.82, 2.24) is 9.97 Å². The topological polar surface area (TPSA) is 25.8 Å². The molecular formula is C41H38IrN2SSi-2. The summed E-state index contributed by atoms with van der Waals surface area (Å²) in [4.78, 5) is 9.17. The molecular weight excluding hydrogens is 773 g/mol. The van der Waals surface area contributed by atoms with Crippen LogP contribution in [-0.2, 0) is 20.1 Å². The van der Waals surface area contributed by atoms with Crippen LogP contribution in [0, 0.1) is 19.0 Å². The van der Waals surface area contributed by atoms with Gasteiger partial charge < -0.3 is 9.97 Å². The molecule has 7 rings (SSSR count). The first-order chi connectivity index (χ1) is 22.9. The maximum absolute atomic E-state index is 7.63. The molecule has 5 heteroatoms. The Morgan fingerprint density at radius 2 is 1.57 bits per heavy atom. The van der Waals surface area contributed by atoms with Crippen molar-refractivity contribution in [3.63, 3.8) is 0 Å². The molecule has 0 spiro atoms. The monoisotopic (exact) mass is 814 g/mol. The van der Waals surface area contributed by atoms with Crippen LogP contribution in [0.1, 0.15) is 35.0 Å². The van der Waals surface area contributed by atoms with Crippen molar-refractivity contribution in [2.45, 2.75) is 46.3 Å². The molecule has 3 aromatic heterocycles. The number of thiophene rings is 1. The van der Waals surface area contributed by atoms with Crippen LogP contribution in [0.25, 0.3) is 53.8 Å². The summed E-state index contributed by atoms with van der Waals surface area (Å²) < 4.78 is 25.2. The van der Waals surface area contributed by atoms with E-state index in [1.165, 1.54) is 30.9 Å². The van der Waals surface area contributed by atoms with E-state index in [0.29, 0.717) is 11.5 Å². The minimum Gasteiger partial charge on any atom is -0.305 e. The third-order valence-electron chi connectivity index (χ3n) is 7.98. The molecule has 1 radical (unpaired) electrons. The summed E-state index contributed by atoms with van der Waals surface area (Å²) in [5, 5.41) is 3.78. The average Bonchev–Trinajstić information content (AvgIpc) is 3.48. The van der Waals surface area contributed by atoms with Gasteiger partial charge in [-0.3, -0.25) is 0 Å². The average molecular weight is 814 g/mol. The Kier molecular flexibility index (Phi) is 9.26. The molecule has 0 amide bonds. The number of aromatic nitrogens is 2. The van der Waals surface area contributed by atoms with E-state index in [0.717, 1.165) is 33.6 Å². The number of nitrogens with zero attached hydrogens (tertiary/aromatic N) is 2. The SMILES string of the molecule is C[Si](C)(C)c1ccc(-c2[c-]cccc2)nc1.[2H]C([2H])([2H])c1ccc(-c2cccc3c2sc2c(-c4cc(C(C)C)ccn4)[c-]ccc23)cc1.[Ir]. The Morgan fingerprint density at radius 1 is 0.761 bits per heavy atom. The van der Waals surface area contributed by atoms with Crippen molar-refractivity contribution in [2.75, 3.05) is 0 Å². The first-order valence-electron chi connectivity index (χ1n) is 16.8. The predicted molar refractivity (Wildman–Crippen MR) is 197 cm³/mol. The van der Waals surface area contributed by atoms with Crippen LogP contribution in [0.15, 0.2) is 116 Å². The molecule has 0 N–H and O–H groups in total. The van der Waals surface area contributed by atoms with Gasteiger partial charge in [0.2, 0.25) is 0 Å². The third kappa shape index (κ3) is 7.29. The molecule has 0 aliphatic carbocycles. The maximum Gasteiger partial charge on any atom is 0.0795 e. The van der Waals surface area contributed by atoms with Crippen LogP contribution in [-0.4, -0.2) is 18.0 Å². The molecule has 0 saturated carbocycles. The second kappa shape index (κ2) is 14.4. The second-order valence-corrected chi connectivity index (χ2v) is 18.6. The first kappa shape index (κ1) is 29.7. The molecule has 0 atom stereocenters. The molecule has 233 valence electrons. The molecule has 0 unspecified atom stereocenters. The zero-order chi connectivity index (χ0) is 34.1. The predicted octanol–water partition coefficient (Wildman–Crippen LogP) is 11.1. The fraction of sp³-hybridized carbons (Fsp3) is 0.171. The molecule has 0 aliphatic rings. The molecule has 0 aliphatic heterocycles. The van der Waals surface area contributed by atoms with Crippen LogP contribution >= 0.6 is 11.3 Å². The van der Waals surface area contributed by atoms with Crippen molar-refractivity contribution in [2.24, 2.45) is 0 Å². The summed E-state index contributed by atoms with van der Waals surface area (Å²) in [6.07, 6.45) is 3.89. The quantitative estimate of drug-likeness (QED) is 0.128. The van der Waals surface area contributed by atoms with E-state index in [1.54, 1.807) is 23.5 Å². The molecule has 46 heavy (non-hydrogen) atoms. The van der Waals surface area contributed by atoms with Gasteiger partial charge in [-0.1, -0.05) is 111 Å². The van der Waals surface area contributed by atoms with Crippen LogP contribution in [0.2, 0.25) is 19.6 Å². The van der Waals surface area contributed by atoms with Crippen molar-refractivity contribution in [1.29, 1.82) is 0 Å². The third-order valence-corrected chi connectivity index (χ3v) is 11.3. The standard InChI is InChI=1S/C27H22NS.C14H16NSi.Ir/c1-17(2)20-14-15-28-25(16-20)24-9-5-8-23-22-7-4-6-21(26(22)29-27(23)24)19-12-10-18(3)11-13-19;1-16(2,3)13-9-10-14(15-11-13)12-7-5-4-6-8-12;/h4-8,10-17H,1-3H3;4-7,9-11H,1-3H3;/q2*-1;/i3D3;;. The molecule has 7 aromatic rings. The van der Waals surface area contributed by atoms with E-state index in [-0.39, 0.29) is 20.1 Å². The maximum atomic E-state index is 7.63. The van der Waals surface area contributed by atoms with Crippen molar-refractivity contribution in [3.8, 4) is 33.6 Å². The number of rotatable bonds is 5. The molecule has 2 nitrogen and oxygen atoms in total. The summed E-state index contributed by atoms with van der Waals surface area (Å²) >= 11 is 1.75. The normalized spacial score (nSPS) is 12.5. The van der Waals surface area contributed by atoms with E-state index >= 15 is 0 Å². The van der Waals surface area contributed by atoms with Gasteiger partial charge in [0.05, 0.1) is 8.07 Å². The number of aryl methyl sites for hydroxylation is 1. The van der Waals surface area contributed by atoms with Crippen LogP contribution in [0.5, 0.6) is 0 Å². The summed E-state index contributed by atoms with van der Waals surface area (Å²) in [6, 6.07) is 40.7. The molecule has 0 saturated heterocycles. The van der Waals surface area contributed by atoms with Crippen LogP contribution in [0.4, 0.5) is 0 Å². The van der Waals surface area contributed by atoms with Gasteiger partial charge in [-0.25, -0.2) is 0 Å². The van der Waals surface area contributed by atoms with Gasteiger partial charge in [-0.15, -0.1) is 59.7 Å². The minimum atomic E-state index is -2.09. The molecule has 4 aromatic carbocycles. The smallest absolute Gasteiger partial charge is 0.0795 e. The molecule has 0 fully saturated rings. The van der Waals surface area contributed by atoms with Crippen molar-refractivity contribution < 1.29 is 24.2 Å². The zero-order valence-corrected chi connectivity index (χ0v) is 30.9. The van der Waals surface area contributed by atoms with Gasteiger partial charge >= 0.3 is 0 Å². The van der Waals surface area contributed by atoms with Crippen molar-refractivity contribution in [3.05, 3.63) is 139 Å². The van der Waals surface area contributed by atoms with E-state index in [1.807, 2.05) is 54.9 Å². The van der Waals surface area contributed by atoms with Gasteiger partial charge in [-0.2, -0.15) is 11.3 Å². The number of hydrogen-bond acceptors (Lipinski definition) is 3. The number of pyridine rings is 2. The zero-order valence-electron chi connectivity index (χ0n) is 29.7. The number of benzene rings is 4. The number of fused-ring (bicyclic) bond motifs is 3. The van der Waals surface area contributed by atoms with Gasteiger partial charge in [0.15, 0.2) is 0 Å². The summed E-state index contributed by atoms with van der Waals surface area (Å²) in [5.74, 6) is 0.433. The van der Waals surface area contributed by atoms with E-state index in [4.69, 9.17) is 4.11 Å². The first-order valence-corrected chi connectivity index (χ1v) is 19.6. The molecule has 3 heterocycles. The Labute approximate surface area is 296 Å². The Morgan fingerprint density at radius 3 is 2.24 bits per heavy atom. The van der Waals surface area contributed by atoms with Gasteiger partial charge in [-0.05, 0) is 56.6 Å². The van der Waals surface area contributed by atoms with E-state index < -0.39 is 14.9 Å². The van der Waals surface area contributed by atoms with Crippen LogP contribution in [0.3, 0.4) is 0 Å². The minimum absolute atomic E-state index is 0. The fourth-order valence-electron chi connectivity index (χ4n) is 5.32. The Balaban J connectivity index is 0.000000233. The van der Waals surface area contributed by atoms with Crippen molar-refractivity contribution >= 4 is 44.8 Å².